The summed E-state index contributed by atoms with van der Waals surface area (Å²) in [7, 11) is 3.39. The zero-order valence-electron chi connectivity index (χ0n) is 14.8. The molecule has 0 radical (unpaired) electrons. The first-order valence-corrected chi connectivity index (χ1v) is 8.77. The van der Waals surface area contributed by atoms with E-state index in [1.807, 2.05) is 36.4 Å². The van der Waals surface area contributed by atoms with Gasteiger partial charge in [-0.15, -0.1) is 0 Å². The fraction of sp³-hybridized carbons (Fsp3) is 0.0952. The third-order valence-electron chi connectivity index (χ3n) is 4.57. The highest BCUT2D eigenvalue weighted by atomic mass is 32.1. The summed E-state index contributed by atoms with van der Waals surface area (Å²) in [6, 6.07) is 16.3. The normalized spacial score (nSPS) is 16.0. The predicted octanol–water partition coefficient (Wildman–Crippen LogP) is 3.49. The number of thiocarbonyl (C=S) groups is 1. The van der Waals surface area contributed by atoms with Crippen molar-refractivity contribution >= 4 is 40.3 Å². The summed E-state index contributed by atoms with van der Waals surface area (Å²) < 4.78 is 5.90. The molecule has 27 heavy (non-hydrogen) atoms. The number of likely N-dealkylation sites (N-methyl/N-ethyl adjacent to an activating group) is 2. The van der Waals surface area contributed by atoms with Gasteiger partial charge in [-0.3, -0.25) is 14.5 Å². The minimum atomic E-state index is -0.172. The van der Waals surface area contributed by atoms with Crippen LogP contribution in [0.3, 0.4) is 0 Å². The van der Waals surface area contributed by atoms with Crippen LogP contribution in [0.4, 0.5) is 0 Å². The van der Waals surface area contributed by atoms with E-state index in [0.29, 0.717) is 27.5 Å². The Morgan fingerprint density at radius 2 is 1.70 bits per heavy atom. The van der Waals surface area contributed by atoms with Gasteiger partial charge in [0.25, 0.3) is 5.91 Å². The number of carbonyl (C=O) groups is 1. The maximum Gasteiger partial charge on any atom is 0.276 e. The second kappa shape index (κ2) is 6.48. The maximum atomic E-state index is 12.6. The zero-order chi connectivity index (χ0) is 19.1. The monoisotopic (exact) mass is 376 g/mol. The Balaban J connectivity index is 1.79. The summed E-state index contributed by atoms with van der Waals surface area (Å²) in [6.07, 6.45) is 1.72. The minimum absolute atomic E-state index is 0.130. The maximum absolute atomic E-state index is 12.6. The van der Waals surface area contributed by atoms with Gasteiger partial charge < -0.3 is 9.32 Å². The average molecular weight is 376 g/mol. The number of rotatable bonds is 2. The van der Waals surface area contributed by atoms with Crippen molar-refractivity contribution in [2.45, 2.75) is 0 Å². The SMILES string of the molecule is CN1C(=O)/C(=C\c2ccc3oc(-c4ccccc4)cc(=O)c3c2)N(C)C1=S. The second-order valence-corrected chi connectivity index (χ2v) is 6.70. The van der Waals surface area contributed by atoms with Crippen LogP contribution in [0.1, 0.15) is 5.56 Å². The third kappa shape index (κ3) is 2.94. The molecule has 0 atom stereocenters. The minimum Gasteiger partial charge on any atom is -0.456 e. The van der Waals surface area contributed by atoms with Gasteiger partial charge in [-0.2, -0.15) is 0 Å². The lowest BCUT2D eigenvalue weighted by Crippen LogP contribution is -2.26. The molecule has 0 saturated carbocycles. The lowest BCUT2D eigenvalue weighted by atomic mass is 10.1. The molecule has 1 amide bonds. The fourth-order valence-corrected chi connectivity index (χ4v) is 3.24. The molecule has 3 aromatic rings. The Morgan fingerprint density at radius 1 is 0.963 bits per heavy atom. The van der Waals surface area contributed by atoms with Crippen LogP contribution >= 0.6 is 12.2 Å². The highest BCUT2D eigenvalue weighted by Gasteiger charge is 2.32. The average Bonchev–Trinajstić information content (AvgIpc) is 2.87. The van der Waals surface area contributed by atoms with Crippen LogP contribution < -0.4 is 5.43 Å². The van der Waals surface area contributed by atoms with Gasteiger partial charge in [-0.1, -0.05) is 36.4 Å². The fourth-order valence-electron chi connectivity index (χ4n) is 3.05. The largest absolute Gasteiger partial charge is 0.456 e. The smallest absolute Gasteiger partial charge is 0.276 e. The first-order valence-electron chi connectivity index (χ1n) is 8.36. The van der Waals surface area contributed by atoms with Crippen molar-refractivity contribution < 1.29 is 9.21 Å². The van der Waals surface area contributed by atoms with Crippen molar-refractivity contribution in [3.63, 3.8) is 0 Å². The molecular formula is C21H16N2O3S. The molecule has 2 heterocycles. The first-order chi connectivity index (χ1) is 13.0. The first kappa shape index (κ1) is 17.2. The lowest BCUT2D eigenvalue weighted by Gasteiger charge is -2.11. The van der Waals surface area contributed by atoms with Crippen molar-refractivity contribution in [2.75, 3.05) is 14.1 Å². The van der Waals surface area contributed by atoms with Crippen LogP contribution in [0.15, 0.2) is 69.5 Å². The van der Waals surface area contributed by atoms with E-state index >= 15 is 0 Å². The van der Waals surface area contributed by atoms with Gasteiger partial charge in [0.1, 0.15) is 17.0 Å². The van der Waals surface area contributed by atoms with Crippen molar-refractivity contribution in [1.82, 2.24) is 9.80 Å². The van der Waals surface area contributed by atoms with Gasteiger partial charge in [-0.05, 0) is 36.0 Å². The molecule has 1 fully saturated rings. The van der Waals surface area contributed by atoms with Crippen LogP contribution in [-0.2, 0) is 4.79 Å². The van der Waals surface area contributed by atoms with Crippen molar-refractivity contribution in [3.05, 3.63) is 76.1 Å². The van der Waals surface area contributed by atoms with Crippen LogP contribution in [0.2, 0.25) is 0 Å². The van der Waals surface area contributed by atoms with Crippen molar-refractivity contribution in [2.24, 2.45) is 0 Å². The Kier molecular flexibility index (Phi) is 4.12. The Labute approximate surface area is 161 Å². The molecule has 0 aliphatic carbocycles. The summed E-state index contributed by atoms with van der Waals surface area (Å²) in [4.78, 5) is 28.0. The molecule has 5 nitrogen and oxygen atoms in total. The molecule has 4 rings (SSSR count). The van der Waals surface area contributed by atoms with Crippen LogP contribution in [-0.4, -0.2) is 34.9 Å². The van der Waals surface area contributed by atoms with E-state index in [1.54, 1.807) is 37.2 Å². The van der Waals surface area contributed by atoms with Gasteiger partial charge >= 0.3 is 0 Å². The van der Waals surface area contributed by atoms with E-state index in [2.05, 4.69) is 0 Å². The Hall–Kier alpha value is -3.25. The number of hydrogen-bond donors (Lipinski definition) is 0. The highest BCUT2D eigenvalue weighted by molar-refractivity contribution is 7.80. The summed E-state index contributed by atoms with van der Waals surface area (Å²) in [5.74, 6) is 0.353. The molecule has 2 aromatic carbocycles. The number of amides is 1. The number of nitrogens with zero attached hydrogens (tertiary/aromatic N) is 2. The van der Waals surface area contributed by atoms with E-state index in [-0.39, 0.29) is 11.3 Å². The van der Waals surface area contributed by atoms with Crippen LogP contribution in [0.25, 0.3) is 28.4 Å². The van der Waals surface area contributed by atoms with E-state index < -0.39 is 0 Å². The molecule has 0 bridgehead atoms. The van der Waals surface area contributed by atoms with E-state index in [9.17, 15) is 9.59 Å². The zero-order valence-corrected chi connectivity index (χ0v) is 15.6. The molecule has 1 saturated heterocycles. The third-order valence-corrected chi connectivity index (χ3v) is 5.12. The van der Waals surface area contributed by atoms with E-state index in [1.165, 1.54) is 11.0 Å². The number of hydrogen-bond acceptors (Lipinski definition) is 4. The second-order valence-electron chi connectivity index (χ2n) is 6.33. The summed E-state index contributed by atoms with van der Waals surface area (Å²) in [5, 5.41) is 0.909. The van der Waals surface area contributed by atoms with Gasteiger partial charge in [-0.25, -0.2) is 0 Å². The Morgan fingerprint density at radius 3 is 2.37 bits per heavy atom. The standard InChI is InChI=1S/C21H16N2O3S/c1-22-16(20(25)23(2)21(22)27)11-13-8-9-18-15(10-13)17(24)12-19(26-18)14-6-4-3-5-7-14/h3-12H,1-2H3/b16-11+. The highest BCUT2D eigenvalue weighted by Crippen LogP contribution is 2.25. The molecule has 134 valence electrons. The summed E-state index contributed by atoms with van der Waals surface area (Å²) in [6.45, 7) is 0. The predicted molar refractivity (Wildman–Crippen MR) is 109 cm³/mol. The summed E-state index contributed by atoms with van der Waals surface area (Å²) in [5.41, 5.74) is 2.41. The molecular weight excluding hydrogens is 360 g/mol. The molecule has 6 heteroatoms. The topological polar surface area (TPSA) is 53.8 Å². The quantitative estimate of drug-likeness (QED) is 0.506. The van der Waals surface area contributed by atoms with E-state index in [0.717, 1.165) is 11.1 Å². The van der Waals surface area contributed by atoms with Crippen LogP contribution in [0.5, 0.6) is 0 Å². The summed E-state index contributed by atoms with van der Waals surface area (Å²) >= 11 is 5.22. The van der Waals surface area contributed by atoms with Crippen molar-refractivity contribution in [1.29, 1.82) is 0 Å². The number of fused-ring (bicyclic) bond motifs is 1. The molecule has 1 aliphatic rings. The molecule has 0 N–H and O–H groups in total. The molecule has 1 aliphatic heterocycles. The van der Waals surface area contributed by atoms with Crippen LogP contribution in [0, 0.1) is 0 Å². The molecule has 0 unspecified atom stereocenters. The van der Waals surface area contributed by atoms with Gasteiger partial charge in [0.2, 0.25) is 0 Å². The number of carbonyl (C=O) groups excluding carboxylic acids is 1. The van der Waals surface area contributed by atoms with Crippen molar-refractivity contribution in [3.8, 4) is 11.3 Å². The number of benzene rings is 2. The molecule has 0 spiro atoms. The van der Waals surface area contributed by atoms with E-state index in [4.69, 9.17) is 16.6 Å². The van der Waals surface area contributed by atoms with Gasteiger partial charge in [0.15, 0.2) is 10.5 Å². The lowest BCUT2D eigenvalue weighted by molar-refractivity contribution is -0.121. The molecule has 1 aromatic heterocycles. The van der Waals surface area contributed by atoms with Gasteiger partial charge in [0, 0.05) is 25.7 Å². The van der Waals surface area contributed by atoms with Gasteiger partial charge in [0.05, 0.1) is 5.39 Å². The Bertz CT molecular complexity index is 1170.